The number of esters is 1. The molecule has 0 radical (unpaired) electrons. The number of para-hydroxylation sites is 1. The Hall–Kier alpha value is -4.04. The summed E-state index contributed by atoms with van der Waals surface area (Å²) in [5.41, 5.74) is 2.72. The molecule has 0 saturated carbocycles. The first-order valence-electron chi connectivity index (χ1n) is 12.5. The largest absolute Gasteiger partial charge is 0.490 e. The lowest BCUT2D eigenvalue weighted by molar-refractivity contribution is -0.145. The van der Waals surface area contributed by atoms with Crippen LogP contribution >= 0.6 is 11.8 Å². The van der Waals surface area contributed by atoms with Crippen LogP contribution in [0.2, 0.25) is 0 Å². The van der Waals surface area contributed by atoms with Crippen molar-refractivity contribution in [3.05, 3.63) is 94.9 Å². The predicted octanol–water partition coefficient (Wildman–Crippen LogP) is 5.87. The van der Waals surface area contributed by atoms with Crippen molar-refractivity contribution in [2.45, 2.75) is 20.3 Å². The molecule has 1 aliphatic rings. The first-order valence-corrected chi connectivity index (χ1v) is 13.3. The standard InChI is InChI=1S/C30H30N2O5S/c1-3-35-26-19-23(15-16-25(26)37-21-28(33)36-4-2)20-27-29(34)32(18-17-22-11-7-5-8-12-22)30(38-27)31-24-13-9-6-10-14-24/h5-16,19-20H,3-4,17-18,21H2,1-2H3/b27-20+,31-30?. The third kappa shape index (κ3) is 7.26. The summed E-state index contributed by atoms with van der Waals surface area (Å²) in [6, 6.07) is 25.0. The van der Waals surface area contributed by atoms with Crippen LogP contribution in [0, 0.1) is 0 Å². The molecule has 0 atom stereocenters. The van der Waals surface area contributed by atoms with Gasteiger partial charge < -0.3 is 14.2 Å². The number of benzene rings is 3. The molecule has 0 spiro atoms. The first-order chi connectivity index (χ1) is 18.6. The second-order valence-corrected chi connectivity index (χ2v) is 9.27. The van der Waals surface area contributed by atoms with Gasteiger partial charge in [0, 0.05) is 6.54 Å². The van der Waals surface area contributed by atoms with Crippen molar-refractivity contribution in [3.63, 3.8) is 0 Å². The second kappa shape index (κ2) is 13.5. The summed E-state index contributed by atoms with van der Waals surface area (Å²) in [6.07, 6.45) is 2.54. The topological polar surface area (TPSA) is 77.4 Å². The molecule has 8 heteroatoms. The van der Waals surface area contributed by atoms with Crippen LogP contribution in [-0.4, -0.2) is 48.3 Å². The number of thioether (sulfide) groups is 1. The summed E-state index contributed by atoms with van der Waals surface area (Å²) >= 11 is 1.35. The highest BCUT2D eigenvalue weighted by atomic mass is 32.2. The van der Waals surface area contributed by atoms with E-state index in [2.05, 4.69) is 12.1 Å². The molecule has 38 heavy (non-hydrogen) atoms. The fraction of sp³-hybridized carbons (Fsp3) is 0.233. The van der Waals surface area contributed by atoms with Crippen molar-refractivity contribution in [1.82, 2.24) is 4.90 Å². The molecule has 4 rings (SSSR count). The maximum Gasteiger partial charge on any atom is 0.344 e. The number of ether oxygens (including phenoxy) is 3. The van der Waals surface area contributed by atoms with Gasteiger partial charge in [-0.05, 0) is 73.5 Å². The molecule has 0 bridgehead atoms. The molecule has 1 fully saturated rings. The van der Waals surface area contributed by atoms with Crippen LogP contribution in [-0.2, 0) is 20.7 Å². The van der Waals surface area contributed by atoms with Crippen molar-refractivity contribution in [2.75, 3.05) is 26.4 Å². The van der Waals surface area contributed by atoms with Gasteiger partial charge in [-0.1, -0.05) is 54.6 Å². The van der Waals surface area contributed by atoms with Gasteiger partial charge in [0.05, 0.1) is 23.8 Å². The number of carbonyl (C=O) groups excluding carboxylic acids is 2. The Bertz CT molecular complexity index is 1310. The van der Waals surface area contributed by atoms with E-state index in [9.17, 15) is 9.59 Å². The van der Waals surface area contributed by atoms with Crippen LogP contribution < -0.4 is 9.47 Å². The summed E-state index contributed by atoms with van der Waals surface area (Å²) in [5.74, 6) is 0.375. The summed E-state index contributed by atoms with van der Waals surface area (Å²) in [5, 5.41) is 0.641. The van der Waals surface area contributed by atoms with Gasteiger partial charge in [-0.2, -0.15) is 0 Å². The lowest BCUT2D eigenvalue weighted by Gasteiger charge is -2.15. The molecule has 1 heterocycles. The van der Waals surface area contributed by atoms with Crippen LogP contribution in [0.5, 0.6) is 11.5 Å². The summed E-state index contributed by atoms with van der Waals surface area (Å²) in [4.78, 5) is 32.3. The molecule has 1 aliphatic heterocycles. The Morgan fingerprint density at radius 1 is 0.921 bits per heavy atom. The van der Waals surface area contributed by atoms with Crippen molar-refractivity contribution in [3.8, 4) is 11.5 Å². The average molecular weight is 531 g/mol. The fourth-order valence-electron chi connectivity index (χ4n) is 3.78. The number of amides is 1. The highest BCUT2D eigenvalue weighted by molar-refractivity contribution is 8.18. The normalized spacial score (nSPS) is 15.2. The third-order valence-corrected chi connectivity index (χ3v) is 6.56. The zero-order valence-electron chi connectivity index (χ0n) is 21.5. The van der Waals surface area contributed by atoms with Crippen molar-refractivity contribution >= 4 is 40.6 Å². The highest BCUT2D eigenvalue weighted by Crippen LogP contribution is 2.36. The van der Waals surface area contributed by atoms with Crippen molar-refractivity contribution < 1.29 is 23.8 Å². The van der Waals surface area contributed by atoms with E-state index in [0.29, 0.717) is 34.7 Å². The Balaban J connectivity index is 1.58. The minimum atomic E-state index is -0.449. The number of amidine groups is 1. The molecule has 0 N–H and O–H groups in total. The van der Waals surface area contributed by atoms with Crippen LogP contribution in [0.15, 0.2) is 88.8 Å². The second-order valence-electron chi connectivity index (χ2n) is 8.27. The molecule has 0 aliphatic carbocycles. The number of rotatable bonds is 11. The molecular weight excluding hydrogens is 500 g/mol. The summed E-state index contributed by atoms with van der Waals surface area (Å²) < 4.78 is 16.3. The zero-order valence-corrected chi connectivity index (χ0v) is 22.3. The Labute approximate surface area is 227 Å². The molecular formula is C30H30N2O5S. The molecule has 196 valence electrons. The maximum atomic E-state index is 13.5. The number of aliphatic imine (C=N–C) groups is 1. The quantitative estimate of drug-likeness (QED) is 0.228. The molecule has 0 aromatic heterocycles. The number of hydrogen-bond donors (Lipinski definition) is 0. The third-order valence-electron chi connectivity index (χ3n) is 5.55. The van der Waals surface area contributed by atoms with Gasteiger partial charge >= 0.3 is 5.97 Å². The Morgan fingerprint density at radius 3 is 2.37 bits per heavy atom. The molecule has 3 aromatic carbocycles. The van der Waals surface area contributed by atoms with E-state index in [-0.39, 0.29) is 19.1 Å². The minimum Gasteiger partial charge on any atom is -0.490 e. The van der Waals surface area contributed by atoms with E-state index in [4.69, 9.17) is 19.2 Å². The lowest BCUT2D eigenvalue weighted by atomic mass is 10.1. The fourth-order valence-corrected chi connectivity index (χ4v) is 4.80. The van der Waals surface area contributed by atoms with Gasteiger partial charge in [0.25, 0.3) is 5.91 Å². The Morgan fingerprint density at radius 2 is 1.66 bits per heavy atom. The number of hydrogen-bond acceptors (Lipinski definition) is 7. The van der Waals surface area contributed by atoms with E-state index in [1.165, 1.54) is 11.8 Å². The van der Waals surface area contributed by atoms with Crippen LogP contribution in [0.4, 0.5) is 5.69 Å². The van der Waals surface area contributed by atoms with Gasteiger partial charge in [-0.3, -0.25) is 9.69 Å². The number of nitrogens with zero attached hydrogens (tertiary/aromatic N) is 2. The van der Waals surface area contributed by atoms with Gasteiger partial charge in [0.15, 0.2) is 23.3 Å². The molecule has 3 aromatic rings. The average Bonchev–Trinajstić information content (AvgIpc) is 3.21. The molecule has 0 unspecified atom stereocenters. The van der Waals surface area contributed by atoms with E-state index in [1.54, 1.807) is 24.0 Å². The van der Waals surface area contributed by atoms with Crippen LogP contribution in [0.1, 0.15) is 25.0 Å². The lowest BCUT2D eigenvalue weighted by Crippen LogP contribution is -2.31. The van der Waals surface area contributed by atoms with E-state index in [1.807, 2.05) is 67.6 Å². The van der Waals surface area contributed by atoms with E-state index >= 15 is 0 Å². The molecule has 1 amide bonds. The van der Waals surface area contributed by atoms with Crippen molar-refractivity contribution in [1.29, 1.82) is 0 Å². The molecule has 1 saturated heterocycles. The monoisotopic (exact) mass is 530 g/mol. The smallest absolute Gasteiger partial charge is 0.344 e. The van der Waals surface area contributed by atoms with E-state index in [0.717, 1.165) is 23.2 Å². The van der Waals surface area contributed by atoms with Crippen molar-refractivity contribution in [2.24, 2.45) is 4.99 Å². The summed E-state index contributed by atoms with van der Waals surface area (Å²) in [7, 11) is 0. The minimum absolute atomic E-state index is 0.0961. The SMILES string of the molecule is CCOC(=O)COc1ccc(/C=C2/SC(=Nc3ccccc3)N(CCc3ccccc3)C2=O)cc1OCC. The highest BCUT2D eigenvalue weighted by Gasteiger charge is 2.33. The predicted molar refractivity (Wildman–Crippen MR) is 151 cm³/mol. The Kier molecular flexibility index (Phi) is 9.59. The van der Waals surface area contributed by atoms with Gasteiger partial charge in [-0.25, -0.2) is 9.79 Å². The molecule has 7 nitrogen and oxygen atoms in total. The van der Waals surface area contributed by atoms with Gasteiger partial charge in [0.2, 0.25) is 0 Å². The number of carbonyl (C=O) groups is 2. The van der Waals surface area contributed by atoms with E-state index < -0.39 is 5.97 Å². The van der Waals surface area contributed by atoms with Crippen LogP contribution in [0.25, 0.3) is 6.08 Å². The maximum absolute atomic E-state index is 13.5. The van der Waals surface area contributed by atoms with Gasteiger partial charge in [0.1, 0.15) is 0 Å². The zero-order chi connectivity index (χ0) is 26.7. The van der Waals surface area contributed by atoms with Gasteiger partial charge in [-0.15, -0.1) is 0 Å². The first kappa shape index (κ1) is 27.0. The summed E-state index contributed by atoms with van der Waals surface area (Å²) in [6.45, 7) is 4.63. The van der Waals surface area contributed by atoms with Crippen LogP contribution in [0.3, 0.4) is 0 Å².